The highest BCUT2D eigenvalue weighted by Crippen LogP contribution is 2.31. The number of ether oxygens (including phenoxy) is 1. The Kier molecular flexibility index (Phi) is 3.05. The fraction of sp³-hybridized carbons (Fsp3) is 0.0714. The van der Waals surface area contributed by atoms with E-state index >= 15 is 0 Å². The minimum atomic E-state index is -0.195. The molecule has 1 aromatic carbocycles. The van der Waals surface area contributed by atoms with Crippen molar-refractivity contribution >= 4 is 39.7 Å². The molecule has 0 saturated heterocycles. The number of hydrogen-bond acceptors (Lipinski definition) is 4. The summed E-state index contributed by atoms with van der Waals surface area (Å²) >= 11 is 7.36. The Bertz CT molecular complexity index is 757. The Morgan fingerprint density at radius 2 is 2.21 bits per heavy atom. The van der Waals surface area contributed by atoms with E-state index in [0.717, 1.165) is 5.39 Å². The first-order chi connectivity index (χ1) is 9.20. The van der Waals surface area contributed by atoms with Crippen LogP contribution in [0.5, 0.6) is 5.75 Å². The van der Waals surface area contributed by atoms with E-state index in [1.165, 1.54) is 18.4 Å². The lowest BCUT2D eigenvalue weighted by Gasteiger charge is -1.98. The molecule has 0 atom stereocenters. The molecule has 0 aliphatic carbocycles. The molecule has 3 rings (SSSR count). The van der Waals surface area contributed by atoms with Crippen molar-refractivity contribution in [2.45, 2.75) is 0 Å². The highest BCUT2D eigenvalue weighted by Gasteiger charge is 2.20. The van der Waals surface area contributed by atoms with Gasteiger partial charge in [-0.05, 0) is 23.6 Å². The van der Waals surface area contributed by atoms with Gasteiger partial charge in [0.15, 0.2) is 11.3 Å². The summed E-state index contributed by atoms with van der Waals surface area (Å²) in [5.41, 5.74) is 0.531. The van der Waals surface area contributed by atoms with E-state index in [2.05, 4.69) is 0 Å². The summed E-state index contributed by atoms with van der Waals surface area (Å²) in [7, 11) is 1.54. The van der Waals surface area contributed by atoms with Crippen molar-refractivity contribution in [2.75, 3.05) is 7.11 Å². The second-order valence-electron chi connectivity index (χ2n) is 3.92. The first-order valence-electron chi connectivity index (χ1n) is 5.55. The van der Waals surface area contributed by atoms with Crippen molar-refractivity contribution in [3.8, 4) is 5.75 Å². The number of carbonyl (C=O) groups is 1. The van der Waals surface area contributed by atoms with E-state index in [0.29, 0.717) is 21.2 Å². The number of furan rings is 1. The van der Waals surface area contributed by atoms with Gasteiger partial charge in [0.2, 0.25) is 5.78 Å². The van der Waals surface area contributed by atoms with Gasteiger partial charge < -0.3 is 9.15 Å². The number of methoxy groups -OCH3 is 1. The number of hydrogen-bond donors (Lipinski definition) is 0. The van der Waals surface area contributed by atoms with Crippen molar-refractivity contribution in [3.05, 3.63) is 51.4 Å². The summed E-state index contributed by atoms with van der Waals surface area (Å²) in [4.78, 5) is 12.9. The monoisotopic (exact) mass is 292 g/mol. The summed E-state index contributed by atoms with van der Waals surface area (Å²) in [6.07, 6.45) is 0. The van der Waals surface area contributed by atoms with E-state index in [9.17, 15) is 4.79 Å². The fourth-order valence-electron chi connectivity index (χ4n) is 1.88. The van der Waals surface area contributed by atoms with Crippen LogP contribution >= 0.6 is 22.9 Å². The predicted octanol–water partition coefficient (Wildman–Crippen LogP) is 4.39. The molecule has 3 nitrogen and oxygen atoms in total. The molecule has 0 aliphatic heterocycles. The number of ketones is 1. The molecular formula is C14H9ClO3S. The molecule has 0 bridgehead atoms. The molecule has 0 aliphatic rings. The van der Waals surface area contributed by atoms with Gasteiger partial charge in [0.05, 0.1) is 12.1 Å². The zero-order valence-electron chi connectivity index (χ0n) is 9.98. The molecule has 0 saturated carbocycles. The van der Waals surface area contributed by atoms with Gasteiger partial charge in [0, 0.05) is 5.39 Å². The zero-order valence-corrected chi connectivity index (χ0v) is 11.5. The second kappa shape index (κ2) is 4.72. The van der Waals surface area contributed by atoms with Crippen LogP contribution in [0.1, 0.15) is 15.4 Å². The van der Waals surface area contributed by atoms with E-state index in [1.54, 1.807) is 18.2 Å². The van der Waals surface area contributed by atoms with Crippen LogP contribution in [-0.2, 0) is 0 Å². The number of fused-ring (bicyclic) bond motifs is 1. The highest BCUT2D eigenvalue weighted by molar-refractivity contribution is 7.12. The highest BCUT2D eigenvalue weighted by atomic mass is 35.5. The van der Waals surface area contributed by atoms with Crippen molar-refractivity contribution in [3.63, 3.8) is 0 Å². The molecule has 0 fully saturated rings. The minimum absolute atomic E-state index is 0.195. The summed E-state index contributed by atoms with van der Waals surface area (Å²) in [6.45, 7) is 0. The summed E-state index contributed by atoms with van der Waals surface area (Å²) in [5.74, 6) is 0.629. The van der Waals surface area contributed by atoms with E-state index in [1.807, 2.05) is 17.5 Å². The third-order valence-electron chi connectivity index (χ3n) is 2.78. The zero-order chi connectivity index (χ0) is 13.4. The summed E-state index contributed by atoms with van der Waals surface area (Å²) in [6, 6.07) is 8.86. The standard InChI is InChI=1S/C14H9ClO3S/c1-17-10-5-6-19-14(10)12(16)11-7-8-3-2-4-9(15)13(8)18-11/h2-7H,1H3. The first-order valence-corrected chi connectivity index (χ1v) is 6.80. The van der Waals surface area contributed by atoms with Crippen LogP contribution in [0.25, 0.3) is 11.0 Å². The lowest BCUT2D eigenvalue weighted by atomic mass is 10.2. The number of thiophene rings is 1. The van der Waals surface area contributed by atoms with Gasteiger partial charge in [-0.15, -0.1) is 11.3 Å². The lowest BCUT2D eigenvalue weighted by molar-refractivity contribution is 0.101. The molecule has 0 spiro atoms. The van der Waals surface area contributed by atoms with Gasteiger partial charge in [0.25, 0.3) is 0 Å². The predicted molar refractivity (Wildman–Crippen MR) is 75.5 cm³/mol. The van der Waals surface area contributed by atoms with Crippen LogP contribution in [0.15, 0.2) is 40.1 Å². The smallest absolute Gasteiger partial charge is 0.241 e. The number of carbonyl (C=O) groups excluding carboxylic acids is 1. The van der Waals surface area contributed by atoms with Crippen LogP contribution in [0, 0.1) is 0 Å². The molecule has 2 heterocycles. The van der Waals surface area contributed by atoms with Crippen molar-refractivity contribution < 1.29 is 13.9 Å². The minimum Gasteiger partial charge on any atom is -0.495 e. The van der Waals surface area contributed by atoms with Gasteiger partial charge in [-0.2, -0.15) is 0 Å². The van der Waals surface area contributed by atoms with E-state index in [4.69, 9.17) is 20.8 Å². The Morgan fingerprint density at radius 3 is 2.95 bits per heavy atom. The number of para-hydroxylation sites is 1. The molecule has 0 N–H and O–H groups in total. The van der Waals surface area contributed by atoms with E-state index in [-0.39, 0.29) is 11.5 Å². The first kappa shape index (κ1) is 12.3. The fourth-order valence-corrected chi connectivity index (χ4v) is 2.90. The maximum absolute atomic E-state index is 12.4. The largest absolute Gasteiger partial charge is 0.495 e. The number of rotatable bonds is 3. The molecule has 96 valence electrons. The molecular weight excluding hydrogens is 284 g/mol. The average Bonchev–Trinajstić information content (AvgIpc) is 3.04. The average molecular weight is 293 g/mol. The van der Waals surface area contributed by atoms with Crippen molar-refractivity contribution in [1.82, 2.24) is 0 Å². The van der Waals surface area contributed by atoms with Gasteiger partial charge in [0.1, 0.15) is 10.6 Å². The van der Waals surface area contributed by atoms with Crippen molar-refractivity contribution in [1.29, 1.82) is 0 Å². The Labute approximate surface area is 118 Å². The summed E-state index contributed by atoms with van der Waals surface area (Å²) < 4.78 is 10.7. The molecule has 0 amide bonds. The van der Waals surface area contributed by atoms with Gasteiger partial charge >= 0.3 is 0 Å². The molecule has 5 heteroatoms. The normalized spacial score (nSPS) is 10.8. The van der Waals surface area contributed by atoms with Crippen LogP contribution in [0.3, 0.4) is 0 Å². The number of benzene rings is 1. The van der Waals surface area contributed by atoms with Gasteiger partial charge in [-0.1, -0.05) is 23.7 Å². The topological polar surface area (TPSA) is 39.4 Å². The quantitative estimate of drug-likeness (QED) is 0.672. The Morgan fingerprint density at radius 1 is 1.37 bits per heavy atom. The molecule has 2 aromatic heterocycles. The van der Waals surface area contributed by atoms with E-state index < -0.39 is 0 Å². The Hall–Kier alpha value is -1.78. The maximum atomic E-state index is 12.4. The summed E-state index contributed by atoms with van der Waals surface area (Å²) in [5, 5.41) is 3.11. The SMILES string of the molecule is COc1ccsc1C(=O)c1cc2cccc(Cl)c2o1. The van der Waals surface area contributed by atoms with Crippen LogP contribution in [0.2, 0.25) is 5.02 Å². The Balaban J connectivity index is 2.09. The second-order valence-corrected chi connectivity index (χ2v) is 5.24. The maximum Gasteiger partial charge on any atom is 0.241 e. The molecule has 19 heavy (non-hydrogen) atoms. The molecule has 0 unspecified atom stereocenters. The van der Waals surface area contributed by atoms with Crippen LogP contribution in [0.4, 0.5) is 0 Å². The van der Waals surface area contributed by atoms with Gasteiger partial charge in [-0.3, -0.25) is 4.79 Å². The molecule has 3 aromatic rings. The van der Waals surface area contributed by atoms with Crippen LogP contribution in [-0.4, -0.2) is 12.9 Å². The number of halogens is 1. The third-order valence-corrected chi connectivity index (χ3v) is 3.97. The lowest BCUT2D eigenvalue weighted by Crippen LogP contribution is -1.98. The molecule has 0 radical (unpaired) electrons. The van der Waals surface area contributed by atoms with Gasteiger partial charge in [-0.25, -0.2) is 0 Å². The van der Waals surface area contributed by atoms with Crippen molar-refractivity contribution in [2.24, 2.45) is 0 Å². The third kappa shape index (κ3) is 2.03. The van der Waals surface area contributed by atoms with Crippen LogP contribution < -0.4 is 4.74 Å².